The average molecular weight is 388 g/mol. The molecule has 9 heteroatoms. The van der Waals surface area contributed by atoms with Crippen molar-refractivity contribution in [3.63, 3.8) is 0 Å². The summed E-state index contributed by atoms with van der Waals surface area (Å²) in [6.45, 7) is 2.57. The number of nitrogens with one attached hydrogen (secondary N) is 2. The molecule has 2 N–H and O–H groups in total. The van der Waals surface area contributed by atoms with Gasteiger partial charge in [-0.05, 0) is 43.1 Å². The van der Waals surface area contributed by atoms with Crippen LogP contribution in [0.2, 0.25) is 0 Å². The minimum Gasteiger partial charge on any atom is -0.315 e. The molecule has 142 valence electrons. The van der Waals surface area contributed by atoms with Gasteiger partial charge >= 0.3 is 0 Å². The minimum absolute atomic E-state index is 0. The fourth-order valence-electron chi connectivity index (χ4n) is 3.09. The molecule has 3 aromatic rings. The molecular formula is C18H22ClN7O. The van der Waals surface area contributed by atoms with Gasteiger partial charge in [0.2, 0.25) is 0 Å². The van der Waals surface area contributed by atoms with Crippen molar-refractivity contribution in [2.75, 3.05) is 18.4 Å². The van der Waals surface area contributed by atoms with Gasteiger partial charge in [0.1, 0.15) is 0 Å². The third kappa shape index (κ3) is 4.72. The molecule has 1 aliphatic rings. The highest BCUT2D eigenvalue weighted by molar-refractivity contribution is 6.02. The Balaban J connectivity index is 0.00000210. The molecule has 1 unspecified atom stereocenters. The Kier molecular flexibility index (Phi) is 6.20. The van der Waals surface area contributed by atoms with Crippen LogP contribution in [0, 0.1) is 0 Å². The predicted molar refractivity (Wildman–Crippen MR) is 104 cm³/mol. The van der Waals surface area contributed by atoms with E-state index in [1.807, 2.05) is 29.2 Å². The number of hydrogen-bond acceptors (Lipinski definition) is 5. The molecule has 0 saturated carbocycles. The molecule has 0 aliphatic carbocycles. The number of rotatable bonds is 5. The van der Waals surface area contributed by atoms with Crippen LogP contribution in [0.3, 0.4) is 0 Å². The van der Waals surface area contributed by atoms with Crippen molar-refractivity contribution in [2.45, 2.75) is 25.4 Å². The number of anilines is 1. The van der Waals surface area contributed by atoms with E-state index in [4.69, 9.17) is 0 Å². The van der Waals surface area contributed by atoms with Gasteiger partial charge in [0.25, 0.3) is 5.91 Å². The first-order valence-electron chi connectivity index (χ1n) is 8.77. The number of carbonyl (C=O) groups excluding carboxylic acids is 1. The lowest BCUT2D eigenvalue weighted by Crippen LogP contribution is -2.32. The van der Waals surface area contributed by atoms with Crippen LogP contribution in [-0.4, -0.2) is 43.5 Å². The summed E-state index contributed by atoms with van der Waals surface area (Å²) in [7, 11) is 0. The number of nitrogens with zero attached hydrogens (tertiary/aromatic N) is 5. The zero-order valence-corrected chi connectivity index (χ0v) is 15.6. The first-order chi connectivity index (χ1) is 12.8. The van der Waals surface area contributed by atoms with Crippen molar-refractivity contribution in [1.29, 1.82) is 0 Å². The van der Waals surface area contributed by atoms with Crippen molar-refractivity contribution in [1.82, 2.24) is 29.9 Å². The molecule has 1 amide bonds. The second-order valence-corrected chi connectivity index (χ2v) is 6.39. The third-order valence-electron chi connectivity index (χ3n) is 4.46. The van der Waals surface area contributed by atoms with Crippen molar-refractivity contribution in [3.8, 4) is 0 Å². The van der Waals surface area contributed by atoms with Gasteiger partial charge in [-0.25, -0.2) is 0 Å². The van der Waals surface area contributed by atoms with Gasteiger partial charge in [0.15, 0.2) is 11.5 Å². The van der Waals surface area contributed by atoms with Crippen LogP contribution in [0.1, 0.15) is 34.9 Å². The smallest absolute Gasteiger partial charge is 0.277 e. The SMILES string of the molecule is Cl.O=C(Nc1ccn(Cc2ccncc2)n1)c1ccn(C2CCCNC2)n1. The molecule has 27 heavy (non-hydrogen) atoms. The molecule has 1 saturated heterocycles. The molecule has 0 spiro atoms. The topological polar surface area (TPSA) is 89.7 Å². The number of carbonyl (C=O) groups is 1. The fraction of sp³-hybridized carbons (Fsp3) is 0.333. The average Bonchev–Trinajstić information content (AvgIpc) is 3.33. The lowest BCUT2D eigenvalue weighted by molar-refractivity contribution is 0.102. The van der Waals surface area contributed by atoms with Gasteiger partial charge in [0.05, 0.1) is 12.6 Å². The van der Waals surface area contributed by atoms with Gasteiger partial charge < -0.3 is 10.6 Å². The molecule has 1 fully saturated rings. The summed E-state index contributed by atoms with van der Waals surface area (Å²) < 4.78 is 3.65. The standard InChI is InChI=1S/C18H21N7O.ClH/c26-18(16-5-11-25(22-16)15-2-1-7-20-12-15)21-17-6-10-24(23-17)13-14-3-8-19-9-4-14;/h3-6,8-11,15,20H,1-2,7,12-13H2,(H,21,23,26);1H. The Morgan fingerprint density at radius 3 is 2.81 bits per heavy atom. The minimum atomic E-state index is -0.248. The van der Waals surface area contributed by atoms with E-state index in [9.17, 15) is 4.79 Å². The van der Waals surface area contributed by atoms with Gasteiger partial charge in [-0.1, -0.05) is 0 Å². The molecule has 4 heterocycles. The lowest BCUT2D eigenvalue weighted by atomic mass is 10.1. The van der Waals surface area contributed by atoms with E-state index < -0.39 is 0 Å². The van der Waals surface area contributed by atoms with E-state index in [1.54, 1.807) is 29.2 Å². The first-order valence-corrected chi connectivity index (χ1v) is 8.77. The van der Waals surface area contributed by atoms with Crippen LogP contribution in [0.4, 0.5) is 5.82 Å². The van der Waals surface area contributed by atoms with Crippen LogP contribution in [-0.2, 0) is 6.54 Å². The molecule has 3 aromatic heterocycles. The maximum atomic E-state index is 12.4. The Morgan fingerprint density at radius 1 is 1.19 bits per heavy atom. The molecular weight excluding hydrogens is 366 g/mol. The normalized spacial score (nSPS) is 16.5. The number of amides is 1. The second kappa shape index (κ2) is 8.79. The summed E-state index contributed by atoms with van der Waals surface area (Å²) in [4.78, 5) is 16.4. The summed E-state index contributed by atoms with van der Waals surface area (Å²) in [6.07, 6.45) is 9.41. The van der Waals surface area contributed by atoms with E-state index in [0.717, 1.165) is 31.5 Å². The van der Waals surface area contributed by atoms with Gasteiger partial charge in [0, 0.05) is 37.4 Å². The van der Waals surface area contributed by atoms with Gasteiger partial charge in [-0.3, -0.25) is 19.1 Å². The van der Waals surface area contributed by atoms with Gasteiger partial charge in [-0.2, -0.15) is 10.2 Å². The fourth-order valence-corrected chi connectivity index (χ4v) is 3.09. The van der Waals surface area contributed by atoms with Crippen LogP contribution in [0.25, 0.3) is 0 Å². The number of pyridine rings is 1. The highest BCUT2D eigenvalue weighted by Gasteiger charge is 2.18. The molecule has 0 aromatic carbocycles. The van der Waals surface area contributed by atoms with Crippen molar-refractivity contribution in [3.05, 3.63) is 60.3 Å². The molecule has 4 rings (SSSR count). The number of piperidine rings is 1. The van der Waals surface area contributed by atoms with Crippen LogP contribution < -0.4 is 10.6 Å². The monoisotopic (exact) mass is 387 g/mol. The highest BCUT2D eigenvalue weighted by Crippen LogP contribution is 2.16. The zero-order valence-electron chi connectivity index (χ0n) is 14.8. The van der Waals surface area contributed by atoms with E-state index in [0.29, 0.717) is 24.1 Å². The molecule has 8 nitrogen and oxygen atoms in total. The van der Waals surface area contributed by atoms with Crippen molar-refractivity contribution in [2.24, 2.45) is 0 Å². The predicted octanol–water partition coefficient (Wildman–Crippen LogP) is 2.12. The van der Waals surface area contributed by atoms with Crippen LogP contribution >= 0.6 is 12.4 Å². The quantitative estimate of drug-likeness (QED) is 0.700. The van der Waals surface area contributed by atoms with Crippen LogP contribution in [0.5, 0.6) is 0 Å². The first kappa shape index (κ1) is 19.1. The Labute approximate surface area is 163 Å². The summed E-state index contributed by atoms with van der Waals surface area (Å²) >= 11 is 0. The molecule has 0 radical (unpaired) electrons. The molecule has 0 bridgehead atoms. The lowest BCUT2D eigenvalue weighted by Gasteiger charge is -2.22. The van der Waals surface area contributed by atoms with E-state index in [-0.39, 0.29) is 18.3 Å². The summed E-state index contributed by atoms with van der Waals surface area (Å²) in [6, 6.07) is 7.71. The van der Waals surface area contributed by atoms with Crippen LogP contribution in [0.15, 0.2) is 49.1 Å². The van der Waals surface area contributed by atoms with Gasteiger partial charge in [-0.15, -0.1) is 12.4 Å². The van der Waals surface area contributed by atoms with E-state index >= 15 is 0 Å². The summed E-state index contributed by atoms with van der Waals surface area (Å²) in [5, 5.41) is 15.0. The van der Waals surface area contributed by atoms with Crippen molar-refractivity contribution < 1.29 is 4.79 Å². The Bertz CT molecular complexity index is 871. The number of aromatic nitrogens is 5. The van der Waals surface area contributed by atoms with E-state index in [2.05, 4.69) is 25.8 Å². The maximum Gasteiger partial charge on any atom is 0.277 e. The molecule has 1 atom stereocenters. The largest absolute Gasteiger partial charge is 0.315 e. The summed E-state index contributed by atoms with van der Waals surface area (Å²) in [5.41, 5.74) is 1.50. The number of hydrogen-bond donors (Lipinski definition) is 2. The Hall–Kier alpha value is -2.71. The van der Waals surface area contributed by atoms with E-state index in [1.165, 1.54) is 0 Å². The third-order valence-corrected chi connectivity index (χ3v) is 4.46. The number of halogens is 1. The second-order valence-electron chi connectivity index (χ2n) is 6.39. The molecule has 1 aliphatic heterocycles. The zero-order chi connectivity index (χ0) is 17.8. The summed E-state index contributed by atoms with van der Waals surface area (Å²) in [5.74, 6) is 0.264. The maximum absolute atomic E-state index is 12.4. The van der Waals surface area contributed by atoms with Crippen molar-refractivity contribution >= 4 is 24.1 Å². The Morgan fingerprint density at radius 2 is 2.04 bits per heavy atom. The highest BCUT2D eigenvalue weighted by atomic mass is 35.5.